The van der Waals surface area contributed by atoms with E-state index in [1.54, 1.807) is 11.3 Å². The maximum atomic E-state index is 4.31. The van der Waals surface area contributed by atoms with Gasteiger partial charge in [0.15, 0.2) is 0 Å². The summed E-state index contributed by atoms with van der Waals surface area (Å²) in [6.07, 6.45) is 5.22. The number of rotatable bonds is 5. The van der Waals surface area contributed by atoms with Crippen molar-refractivity contribution in [1.82, 2.24) is 15.2 Å². The van der Waals surface area contributed by atoms with Gasteiger partial charge in [-0.1, -0.05) is 6.92 Å². The van der Waals surface area contributed by atoms with Crippen LogP contribution in [0.4, 0.5) is 0 Å². The Labute approximate surface area is 115 Å². The number of likely N-dealkylation sites (tertiary alicyclic amines) is 1. The minimum Gasteiger partial charge on any atom is -0.309 e. The predicted octanol–water partition coefficient (Wildman–Crippen LogP) is 2.81. The first-order valence-electron chi connectivity index (χ1n) is 7.14. The average molecular weight is 267 g/mol. The Morgan fingerprint density at radius 2 is 2.33 bits per heavy atom. The number of thiazole rings is 1. The van der Waals surface area contributed by atoms with Crippen LogP contribution in [-0.4, -0.2) is 35.6 Å². The summed E-state index contributed by atoms with van der Waals surface area (Å²) in [5.41, 5.74) is 3.14. The number of aryl methyl sites for hydroxylation is 1. The lowest BCUT2D eigenvalue weighted by molar-refractivity contribution is 0.282. The summed E-state index contributed by atoms with van der Waals surface area (Å²) in [4.78, 5) is 8.31. The first-order valence-corrected chi connectivity index (χ1v) is 8.02. The average Bonchev–Trinajstić information content (AvgIpc) is 2.63. The molecule has 1 N–H and O–H groups in total. The molecule has 3 nitrogen and oxygen atoms in total. The molecule has 1 aromatic heterocycles. The summed E-state index contributed by atoms with van der Waals surface area (Å²) in [6, 6.07) is 0.688. The van der Waals surface area contributed by atoms with Crippen LogP contribution < -0.4 is 5.32 Å². The molecule has 4 heteroatoms. The van der Waals surface area contributed by atoms with Crippen molar-refractivity contribution in [3.05, 3.63) is 16.1 Å². The van der Waals surface area contributed by atoms with Gasteiger partial charge in [-0.2, -0.15) is 0 Å². The van der Waals surface area contributed by atoms with Crippen molar-refractivity contribution in [1.29, 1.82) is 0 Å². The monoisotopic (exact) mass is 267 g/mol. The van der Waals surface area contributed by atoms with Crippen molar-refractivity contribution in [2.24, 2.45) is 0 Å². The van der Waals surface area contributed by atoms with Gasteiger partial charge in [-0.3, -0.25) is 0 Å². The molecule has 0 aliphatic carbocycles. The minimum atomic E-state index is 0.688. The molecule has 1 unspecified atom stereocenters. The van der Waals surface area contributed by atoms with Crippen LogP contribution in [0, 0.1) is 6.92 Å². The lowest BCUT2D eigenvalue weighted by atomic mass is 10.1. The van der Waals surface area contributed by atoms with Gasteiger partial charge in [-0.05, 0) is 52.2 Å². The van der Waals surface area contributed by atoms with Crippen molar-refractivity contribution in [2.45, 2.75) is 52.1 Å². The number of nitrogens with one attached hydrogen (secondary N) is 1. The number of hydrogen-bond acceptors (Lipinski definition) is 4. The van der Waals surface area contributed by atoms with E-state index in [2.05, 4.69) is 29.0 Å². The second-order valence-electron chi connectivity index (χ2n) is 5.21. The van der Waals surface area contributed by atoms with Crippen molar-refractivity contribution in [3.8, 4) is 0 Å². The molecule has 2 rings (SSSR count). The zero-order chi connectivity index (χ0) is 12.8. The van der Waals surface area contributed by atoms with Gasteiger partial charge in [-0.25, -0.2) is 4.98 Å². The van der Waals surface area contributed by atoms with Crippen molar-refractivity contribution in [2.75, 3.05) is 19.6 Å². The van der Waals surface area contributed by atoms with E-state index in [1.807, 2.05) is 5.51 Å². The molecule has 0 aromatic carbocycles. The molecule has 18 heavy (non-hydrogen) atoms. The fourth-order valence-corrected chi connectivity index (χ4v) is 3.36. The lowest BCUT2D eigenvalue weighted by Gasteiger charge is -2.19. The Balaban J connectivity index is 1.75. The second kappa shape index (κ2) is 7.22. The van der Waals surface area contributed by atoms with E-state index >= 15 is 0 Å². The van der Waals surface area contributed by atoms with Crippen LogP contribution >= 0.6 is 11.3 Å². The topological polar surface area (TPSA) is 28.2 Å². The van der Waals surface area contributed by atoms with E-state index in [9.17, 15) is 0 Å². The SMILES string of the molecule is CCCN1CCCC(NCc2scnc2C)CC1. The van der Waals surface area contributed by atoms with E-state index in [1.165, 1.54) is 55.9 Å². The van der Waals surface area contributed by atoms with Gasteiger partial charge >= 0.3 is 0 Å². The molecule has 1 atom stereocenters. The van der Waals surface area contributed by atoms with E-state index < -0.39 is 0 Å². The zero-order valence-corrected chi connectivity index (χ0v) is 12.4. The molecule has 1 aliphatic heterocycles. The first kappa shape index (κ1) is 14.0. The molecular formula is C14H25N3S. The Hall–Kier alpha value is -0.450. The second-order valence-corrected chi connectivity index (χ2v) is 6.15. The first-order chi connectivity index (χ1) is 8.79. The van der Waals surface area contributed by atoms with Crippen molar-refractivity contribution in [3.63, 3.8) is 0 Å². The van der Waals surface area contributed by atoms with Gasteiger partial charge in [0.1, 0.15) is 0 Å². The van der Waals surface area contributed by atoms with Crippen LogP contribution in [0.5, 0.6) is 0 Å². The summed E-state index contributed by atoms with van der Waals surface area (Å²) in [5.74, 6) is 0. The Kier molecular flexibility index (Phi) is 5.60. The highest BCUT2D eigenvalue weighted by Gasteiger charge is 2.16. The predicted molar refractivity (Wildman–Crippen MR) is 78.1 cm³/mol. The molecule has 0 saturated carbocycles. The molecule has 1 fully saturated rings. The maximum Gasteiger partial charge on any atom is 0.0798 e. The quantitative estimate of drug-likeness (QED) is 0.889. The molecule has 0 spiro atoms. The van der Waals surface area contributed by atoms with Gasteiger partial charge in [0.05, 0.1) is 11.2 Å². The summed E-state index contributed by atoms with van der Waals surface area (Å²) >= 11 is 1.77. The number of aromatic nitrogens is 1. The normalized spacial score (nSPS) is 22.0. The maximum absolute atomic E-state index is 4.31. The standard InChI is InChI=1S/C14H25N3S/c1-3-7-17-8-4-5-13(6-9-17)15-10-14-12(2)16-11-18-14/h11,13,15H,3-10H2,1-2H3. The van der Waals surface area contributed by atoms with Gasteiger partial charge in [0.25, 0.3) is 0 Å². The third-order valence-corrected chi connectivity index (χ3v) is 4.69. The fraction of sp³-hybridized carbons (Fsp3) is 0.786. The summed E-state index contributed by atoms with van der Waals surface area (Å²) in [5, 5.41) is 3.71. The highest BCUT2D eigenvalue weighted by Crippen LogP contribution is 2.15. The fourth-order valence-electron chi connectivity index (χ4n) is 2.63. The molecule has 102 valence electrons. The lowest BCUT2D eigenvalue weighted by Crippen LogP contribution is -2.30. The van der Waals surface area contributed by atoms with Crippen LogP contribution in [0.3, 0.4) is 0 Å². The number of nitrogens with zero attached hydrogens (tertiary/aromatic N) is 2. The summed E-state index contributed by atoms with van der Waals surface area (Å²) in [6.45, 7) is 9.17. The molecule has 0 radical (unpaired) electrons. The van der Waals surface area contributed by atoms with Crippen LogP contribution in [0.25, 0.3) is 0 Å². The largest absolute Gasteiger partial charge is 0.309 e. The zero-order valence-electron chi connectivity index (χ0n) is 11.6. The van der Waals surface area contributed by atoms with Gasteiger partial charge in [0, 0.05) is 17.5 Å². The molecule has 2 heterocycles. The molecule has 1 aliphatic rings. The molecule has 0 amide bonds. The van der Waals surface area contributed by atoms with Crippen LogP contribution in [0.1, 0.15) is 43.2 Å². The van der Waals surface area contributed by atoms with Crippen molar-refractivity contribution >= 4 is 11.3 Å². The smallest absolute Gasteiger partial charge is 0.0798 e. The Bertz CT molecular complexity index is 351. The van der Waals surface area contributed by atoms with E-state index in [0.29, 0.717) is 6.04 Å². The molecule has 0 bridgehead atoms. The third kappa shape index (κ3) is 4.04. The van der Waals surface area contributed by atoms with Gasteiger partial charge in [0.2, 0.25) is 0 Å². The Morgan fingerprint density at radius 1 is 1.44 bits per heavy atom. The van der Waals surface area contributed by atoms with Crippen LogP contribution in [0.2, 0.25) is 0 Å². The Morgan fingerprint density at radius 3 is 3.06 bits per heavy atom. The molecule has 1 saturated heterocycles. The van der Waals surface area contributed by atoms with Gasteiger partial charge in [-0.15, -0.1) is 11.3 Å². The van der Waals surface area contributed by atoms with E-state index in [0.717, 1.165) is 6.54 Å². The molecule has 1 aromatic rings. The highest BCUT2D eigenvalue weighted by molar-refractivity contribution is 7.09. The van der Waals surface area contributed by atoms with E-state index in [-0.39, 0.29) is 0 Å². The minimum absolute atomic E-state index is 0.688. The van der Waals surface area contributed by atoms with E-state index in [4.69, 9.17) is 0 Å². The summed E-state index contributed by atoms with van der Waals surface area (Å²) in [7, 11) is 0. The summed E-state index contributed by atoms with van der Waals surface area (Å²) < 4.78 is 0. The van der Waals surface area contributed by atoms with Crippen molar-refractivity contribution < 1.29 is 0 Å². The third-order valence-electron chi connectivity index (χ3n) is 3.76. The van der Waals surface area contributed by atoms with Gasteiger partial charge < -0.3 is 10.2 Å². The highest BCUT2D eigenvalue weighted by atomic mass is 32.1. The number of hydrogen-bond donors (Lipinski definition) is 1. The molecular weight excluding hydrogens is 242 g/mol. The van der Waals surface area contributed by atoms with Crippen LogP contribution in [0.15, 0.2) is 5.51 Å². The van der Waals surface area contributed by atoms with Crippen LogP contribution in [-0.2, 0) is 6.54 Å².